The predicted molar refractivity (Wildman–Crippen MR) is 51.2 cm³/mol. The molecule has 64 valence electrons. The first-order chi connectivity index (χ1) is 5.83. The van der Waals surface area contributed by atoms with E-state index in [0.717, 1.165) is 12.8 Å². The fraction of sp³-hybridized carbons (Fsp3) is 0.300. The van der Waals surface area contributed by atoms with Crippen LogP contribution in [0, 0.1) is 5.21 Å². The Hall–Kier alpha value is -1.31. The quantitative estimate of drug-likeness (QED) is 0.497. The number of benzene rings is 1. The molecule has 0 aliphatic carbocycles. The standard InChI is InChI=1S/C10H13NO/c1-9(11-12)7-8-10-5-3-2-4-6-10/h2-6,12H,7-8H2,1H3/p-1/b11-9-. The van der Waals surface area contributed by atoms with E-state index in [-0.39, 0.29) is 0 Å². The highest BCUT2D eigenvalue weighted by Gasteiger charge is 1.92. The zero-order valence-corrected chi connectivity index (χ0v) is 7.16. The van der Waals surface area contributed by atoms with Gasteiger partial charge in [0, 0.05) is 5.71 Å². The van der Waals surface area contributed by atoms with Crippen molar-refractivity contribution in [1.82, 2.24) is 0 Å². The first-order valence-corrected chi connectivity index (χ1v) is 4.02. The molecule has 0 fully saturated rings. The predicted octanol–water partition coefficient (Wildman–Crippen LogP) is 2.58. The third-order valence-corrected chi connectivity index (χ3v) is 1.77. The van der Waals surface area contributed by atoms with E-state index in [2.05, 4.69) is 17.3 Å². The van der Waals surface area contributed by atoms with Crippen LogP contribution in [0.4, 0.5) is 0 Å². The van der Waals surface area contributed by atoms with E-state index in [1.165, 1.54) is 5.56 Å². The average Bonchev–Trinajstić information content (AvgIpc) is 2.16. The molecule has 1 aromatic rings. The fourth-order valence-electron chi connectivity index (χ4n) is 1.02. The molecule has 2 heteroatoms. The Morgan fingerprint density at radius 3 is 2.58 bits per heavy atom. The third kappa shape index (κ3) is 2.74. The second-order valence-corrected chi connectivity index (χ2v) is 2.81. The van der Waals surface area contributed by atoms with Crippen molar-refractivity contribution in [3.8, 4) is 0 Å². The normalized spacial score (nSPS) is 11.6. The topological polar surface area (TPSA) is 35.4 Å². The molecule has 0 saturated carbocycles. The second-order valence-electron chi connectivity index (χ2n) is 2.81. The molecule has 0 aliphatic rings. The van der Waals surface area contributed by atoms with Gasteiger partial charge in [0.05, 0.1) is 0 Å². The minimum absolute atomic E-state index is 0.666. The Bertz CT molecular complexity index is 254. The van der Waals surface area contributed by atoms with Gasteiger partial charge >= 0.3 is 0 Å². The van der Waals surface area contributed by atoms with Crippen LogP contribution in [-0.2, 0) is 6.42 Å². The maximum Gasteiger partial charge on any atom is 0.00409 e. The molecule has 0 radical (unpaired) electrons. The van der Waals surface area contributed by atoms with Crippen molar-refractivity contribution in [1.29, 1.82) is 0 Å². The Morgan fingerprint density at radius 1 is 1.33 bits per heavy atom. The van der Waals surface area contributed by atoms with E-state index in [1.807, 2.05) is 18.2 Å². The van der Waals surface area contributed by atoms with Crippen molar-refractivity contribution >= 4 is 5.71 Å². The molecule has 12 heavy (non-hydrogen) atoms. The lowest BCUT2D eigenvalue weighted by atomic mass is 10.1. The van der Waals surface area contributed by atoms with Gasteiger partial charge in [-0.05, 0) is 25.3 Å². The Balaban J connectivity index is 2.44. The highest BCUT2D eigenvalue weighted by molar-refractivity contribution is 5.82. The molecule has 0 aromatic heterocycles. The van der Waals surface area contributed by atoms with E-state index in [4.69, 9.17) is 0 Å². The van der Waals surface area contributed by atoms with Crippen LogP contribution in [0.25, 0.3) is 0 Å². The average molecular weight is 162 g/mol. The van der Waals surface area contributed by atoms with Crippen LogP contribution in [0.3, 0.4) is 0 Å². The summed E-state index contributed by atoms with van der Waals surface area (Å²) in [6.45, 7) is 1.76. The van der Waals surface area contributed by atoms with Crippen LogP contribution in [0.2, 0.25) is 0 Å². The van der Waals surface area contributed by atoms with Crippen molar-refractivity contribution in [2.24, 2.45) is 5.16 Å². The summed E-state index contributed by atoms with van der Waals surface area (Å²) in [5.74, 6) is 0. The summed E-state index contributed by atoms with van der Waals surface area (Å²) in [7, 11) is 0. The Morgan fingerprint density at radius 2 is 2.00 bits per heavy atom. The molecule has 1 aromatic carbocycles. The number of hydrogen-bond donors (Lipinski definition) is 0. The van der Waals surface area contributed by atoms with Gasteiger partial charge in [0.25, 0.3) is 0 Å². The number of aryl methyl sites for hydroxylation is 1. The summed E-state index contributed by atoms with van der Waals surface area (Å²) in [5.41, 5.74) is 1.92. The lowest BCUT2D eigenvalue weighted by Gasteiger charge is -2.02. The van der Waals surface area contributed by atoms with Crippen molar-refractivity contribution in [3.63, 3.8) is 0 Å². The van der Waals surface area contributed by atoms with Gasteiger partial charge in [-0.25, -0.2) is 0 Å². The molecule has 0 N–H and O–H groups in total. The van der Waals surface area contributed by atoms with E-state index < -0.39 is 0 Å². The van der Waals surface area contributed by atoms with Crippen molar-refractivity contribution in [2.45, 2.75) is 19.8 Å². The largest absolute Gasteiger partial charge is 0.792 e. The minimum Gasteiger partial charge on any atom is -0.792 e. The van der Waals surface area contributed by atoms with Crippen LogP contribution >= 0.6 is 0 Å². The van der Waals surface area contributed by atoms with Crippen molar-refractivity contribution < 1.29 is 0 Å². The summed E-state index contributed by atoms with van der Waals surface area (Å²) in [6.07, 6.45) is 1.66. The Labute approximate surface area is 72.5 Å². The van der Waals surface area contributed by atoms with E-state index in [0.29, 0.717) is 5.71 Å². The summed E-state index contributed by atoms with van der Waals surface area (Å²) in [6, 6.07) is 10.1. The summed E-state index contributed by atoms with van der Waals surface area (Å²) in [5, 5.41) is 12.9. The molecule has 0 saturated heterocycles. The number of rotatable bonds is 3. The van der Waals surface area contributed by atoms with Crippen LogP contribution in [-0.4, -0.2) is 5.71 Å². The van der Waals surface area contributed by atoms with Gasteiger partial charge in [0.2, 0.25) is 0 Å². The molecular weight excluding hydrogens is 150 g/mol. The first-order valence-electron chi connectivity index (χ1n) is 4.02. The van der Waals surface area contributed by atoms with Gasteiger partial charge in [-0.3, -0.25) is 0 Å². The molecule has 0 aliphatic heterocycles. The zero-order chi connectivity index (χ0) is 8.81. The van der Waals surface area contributed by atoms with Gasteiger partial charge in [0.15, 0.2) is 0 Å². The fourth-order valence-corrected chi connectivity index (χ4v) is 1.02. The number of hydrogen-bond acceptors (Lipinski definition) is 2. The molecular formula is C10H12NO-. The monoisotopic (exact) mass is 162 g/mol. The van der Waals surface area contributed by atoms with E-state index in [9.17, 15) is 5.21 Å². The van der Waals surface area contributed by atoms with Gasteiger partial charge in [-0.15, -0.1) is 0 Å². The summed E-state index contributed by atoms with van der Waals surface area (Å²) < 4.78 is 0. The Kier molecular flexibility index (Phi) is 3.33. The number of nitrogens with zero attached hydrogens (tertiary/aromatic N) is 1. The highest BCUT2D eigenvalue weighted by atomic mass is 16.4. The van der Waals surface area contributed by atoms with E-state index >= 15 is 0 Å². The SMILES string of the molecule is C/C(CCc1ccccc1)=N/[O-]. The molecule has 2 nitrogen and oxygen atoms in total. The third-order valence-electron chi connectivity index (χ3n) is 1.77. The van der Waals surface area contributed by atoms with Crippen molar-refractivity contribution in [3.05, 3.63) is 41.1 Å². The van der Waals surface area contributed by atoms with Gasteiger partial charge < -0.3 is 10.4 Å². The maximum atomic E-state index is 10.0. The first kappa shape index (κ1) is 8.78. The van der Waals surface area contributed by atoms with Gasteiger partial charge in [-0.2, -0.15) is 0 Å². The minimum atomic E-state index is 0.666. The zero-order valence-electron chi connectivity index (χ0n) is 7.16. The molecule has 0 atom stereocenters. The maximum absolute atomic E-state index is 10.0. The highest BCUT2D eigenvalue weighted by Crippen LogP contribution is 2.02. The van der Waals surface area contributed by atoms with Crippen LogP contribution in [0.5, 0.6) is 0 Å². The molecule has 0 heterocycles. The lowest BCUT2D eigenvalue weighted by Crippen LogP contribution is -1.93. The van der Waals surface area contributed by atoms with E-state index in [1.54, 1.807) is 6.92 Å². The molecule has 1 rings (SSSR count). The van der Waals surface area contributed by atoms with Crippen molar-refractivity contribution in [2.75, 3.05) is 0 Å². The lowest BCUT2D eigenvalue weighted by molar-refractivity contribution is 1.03. The van der Waals surface area contributed by atoms with Gasteiger partial charge in [-0.1, -0.05) is 30.3 Å². The van der Waals surface area contributed by atoms with Crippen LogP contribution < -0.4 is 0 Å². The smallest absolute Gasteiger partial charge is 0.00409 e. The molecule has 0 bridgehead atoms. The van der Waals surface area contributed by atoms with Crippen LogP contribution in [0.1, 0.15) is 18.9 Å². The molecule has 0 spiro atoms. The van der Waals surface area contributed by atoms with Gasteiger partial charge in [0.1, 0.15) is 0 Å². The van der Waals surface area contributed by atoms with Crippen LogP contribution in [0.15, 0.2) is 35.5 Å². The molecule has 0 unspecified atom stereocenters. The molecule has 0 amide bonds. The summed E-state index contributed by atoms with van der Waals surface area (Å²) >= 11 is 0. The summed E-state index contributed by atoms with van der Waals surface area (Å²) in [4.78, 5) is 0. The second kappa shape index (κ2) is 4.54.